The van der Waals surface area contributed by atoms with E-state index in [1.165, 1.54) is 25.3 Å². The summed E-state index contributed by atoms with van der Waals surface area (Å²) in [6.45, 7) is 2.25. The molecular weight excluding hydrogens is 232 g/mol. The molecule has 0 amide bonds. The van der Waals surface area contributed by atoms with Gasteiger partial charge in [-0.1, -0.05) is 31.9 Å². The van der Waals surface area contributed by atoms with E-state index < -0.39 is 11.6 Å². The maximum absolute atomic E-state index is 13.7. The topological polar surface area (TPSA) is 12.0 Å². The van der Waals surface area contributed by atoms with Crippen molar-refractivity contribution < 1.29 is 8.78 Å². The minimum absolute atomic E-state index is 0.235. The van der Waals surface area contributed by atoms with Gasteiger partial charge in [-0.3, -0.25) is 0 Å². The van der Waals surface area contributed by atoms with Crippen LogP contribution < -0.4 is 5.32 Å². The lowest BCUT2D eigenvalue weighted by molar-refractivity contribution is 0.305. The molecule has 1 N–H and O–H groups in total. The predicted octanol–water partition coefficient (Wildman–Crippen LogP) is 3.53. The van der Waals surface area contributed by atoms with E-state index in [2.05, 4.69) is 12.2 Å². The Hall–Kier alpha value is -0.960. The van der Waals surface area contributed by atoms with Gasteiger partial charge in [0, 0.05) is 6.04 Å². The quantitative estimate of drug-likeness (QED) is 0.865. The van der Waals surface area contributed by atoms with Gasteiger partial charge < -0.3 is 5.32 Å². The highest BCUT2D eigenvalue weighted by molar-refractivity contribution is 5.20. The Labute approximate surface area is 108 Å². The van der Waals surface area contributed by atoms with Gasteiger partial charge >= 0.3 is 0 Å². The molecule has 3 unspecified atom stereocenters. The summed E-state index contributed by atoms with van der Waals surface area (Å²) in [4.78, 5) is 0. The Balaban J connectivity index is 2.12. The molecule has 1 nitrogen and oxygen atoms in total. The highest BCUT2D eigenvalue weighted by Gasteiger charge is 2.30. The Morgan fingerprint density at radius 1 is 1.33 bits per heavy atom. The first-order valence-corrected chi connectivity index (χ1v) is 6.73. The van der Waals surface area contributed by atoms with Crippen LogP contribution in [0.1, 0.15) is 31.7 Å². The minimum Gasteiger partial charge on any atom is -0.316 e. The summed E-state index contributed by atoms with van der Waals surface area (Å²) in [5.41, 5.74) is 0.480. The SMILES string of the molecule is CNC(Cc1cccc(F)c1F)C1CCCC1C. The number of hydrogen-bond acceptors (Lipinski definition) is 1. The molecular formula is C15H21F2N. The molecule has 2 rings (SSSR count). The molecule has 1 aliphatic rings. The molecule has 1 aliphatic carbocycles. The molecule has 0 aliphatic heterocycles. The van der Waals surface area contributed by atoms with Crippen molar-refractivity contribution in [2.45, 2.75) is 38.6 Å². The van der Waals surface area contributed by atoms with Crippen LogP contribution in [0.4, 0.5) is 8.78 Å². The van der Waals surface area contributed by atoms with Crippen LogP contribution in [-0.4, -0.2) is 13.1 Å². The summed E-state index contributed by atoms with van der Waals surface area (Å²) in [6.07, 6.45) is 4.24. The predicted molar refractivity (Wildman–Crippen MR) is 69.4 cm³/mol. The highest BCUT2D eigenvalue weighted by atomic mass is 19.2. The smallest absolute Gasteiger partial charge is 0.162 e. The van der Waals surface area contributed by atoms with E-state index in [0.717, 1.165) is 0 Å². The number of likely N-dealkylation sites (N-methyl/N-ethyl adjacent to an activating group) is 1. The van der Waals surface area contributed by atoms with Crippen LogP contribution in [0.25, 0.3) is 0 Å². The standard InChI is InChI=1S/C15H21F2N/c1-10-5-3-7-12(10)14(18-2)9-11-6-4-8-13(16)15(11)17/h4,6,8,10,12,14,18H,3,5,7,9H2,1-2H3. The van der Waals surface area contributed by atoms with Crippen LogP contribution in [0.3, 0.4) is 0 Å². The molecule has 18 heavy (non-hydrogen) atoms. The lowest BCUT2D eigenvalue weighted by atomic mass is 9.86. The van der Waals surface area contributed by atoms with Gasteiger partial charge in [0.2, 0.25) is 0 Å². The largest absolute Gasteiger partial charge is 0.316 e. The van der Waals surface area contributed by atoms with Gasteiger partial charge in [0.15, 0.2) is 11.6 Å². The van der Waals surface area contributed by atoms with E-state index in [1.54, 1.807) is 12.1 Å². The normalized spacial score (nSPS) is 25.3. The second-order valence-corrected chi connectivity index (χ2v) is 5.38. The molecule has 0 aromatic heterocycles. The van der Waals surface area contributed by atoms with Crippen molar-refractivity contribution in [1.29, 1.82) is 0 Å². The van der Waals surface area contributed by atoms with Crippen molar-refractivity contribution in [2.75, 3.05) is 7.05 Å². The summed E-state index contributed by atoms with van der Waals surface area (Å²) >= 11 is 0. The van der Waals surface area contributed by atoms with Gasteiger partial charge in [-0.2, -0.15) is 0 Å². The van der Waals surface area contributed by atoms with Crippen molar-refractivity contribution in [1.82, 2.24) is 5.32 Å². The number of hydrogen-bond donors (Lipinski definition) is 1. The molecule has 0 radical (unpaired) electrons. The van der Waals surface area contributed by atoms with Gasteiger partial charge in [0.05, 0.1) is 0 Å². The monoisotopic (exact) mass is 253 g/mol. The molecule has 0 spiro atoms. The third kappa shape index (κ3) is 2.72. The van der Waals surface area contributed by atoms with Crippen LogP contribution in [0.15, 0.2) is 18.2 Å². The van der Waals surface area contributed by atoms with Gasteiger partial charge in [0.1, 0.15) is 0 Å². The third-order valence-electron chi connectivity index (χ3n) is 4.29. The van der Waals surface area contributed by atoms with Gasteiger partial charge in [-0.15, -0.1) is 0 Å². The molecule has 1 saturated carbocycles. The Morgan fingerprint density at radius 2 is 2.11 bits per heavy atom. The first-order valence-electron chi connectivity index (χ1n) is 6.73. The van der Waals surface area contributed by atoms with E-state index in [9.17, 15) is 8.78 Å². The molecule has 1 fully saturated rings. The third-order valence-corrected chi connectivity index (χ3v) is 4.29. The van der Waals surface area contributed by atoms with Gasteiger partial charge in [0.25, 0.3) is 0 Å². The van der Waals surface area contributed by atoms with Crippen molar-refractivity contribution in [3.63, 3.8) is 0 Å². The highest BCUT2D eigenvalue weighted by Crippen LogP contribution is 2.34. The lowest BCUT2D eigenvalue weighted by Gasteiger charge is -2.27. The Kier molecular flexibility index (Phi) is 4.33. The number of rotatable bonds is 4. The summed E-state index contributed by atoms with van der Waals surface area (Å²) in [7, 11) is 1.91. The van der Waals surface area contributed by atoms with E-state index in [4.69, 9.17) is 0 Å². The van der Waals surface area contributed by atoms with E-state index >= 15 is 0 Å². The average Bonchev–Trinajstić information content (AvgIpc) is 2.77. The van der Waals surface area contributed by atoms with Gasteiger partial charge in [-0.05, 0) is 43.4 Å². The number of benzene rings is 1. The van der Waals surface area contributed by atoms with Crippen molar-refractivity contribution in [2.24, 2.45) is 11.8 Å². The summed E-state index contributed by atoms with van der Waals surface area (Å²) in [5, 5.41) is 3.28. The zero-order chi connectivity index (χ0) is 13.1. The first-order chi connectivity index (χ1) is 8.63. The molecule has 0 saturated heterocycles. The molecule has 0 bridgehead atoms. The van der Waals surface area contributed by atoms with Crippen LogP contribution >= 0.6 is 0 Å². The molecule has 100 valence electrons. The zero-order valence-corrected chi connectivity index (χ0v) is 11.0. The van der Waals surface area contributed by atoms with E-state index in [0.29, 0.717) is 23.8 Å². The summed E-state index contributed by atoms with van der Waals surface area (Å²) in [6, 6.07) is 4.67. The van der Waals surface area contributed by atoms with Crippen LogP contribution in [-0.2, 0) is 6.42 Å². The second-order valence-electron chi connectivity index (χ2n) is 5.38. The fourth-order valence-corrected chi connectivity index (χ4v) is 3.18. The fraction of sp³-hybridized carbons (Fsp3) is 0.600. The number of halogens is 2. The second kappa shape index (κ2) is 5.79. The van der Waals surface area contributed by atoms with Gasteiger partial charge in [-0.25, -0.2) is 8.78 Å². The summed E-state index contributed by atoms with van der Waals surface area (Å²) < 4.78 is 26.9. The van der Waals surface area contributed by atoms with Crippen LogP contribution in [0.5, 0.6) is 0 Å². The Morgan fingerprint density at radius 3 is 2.72 bits per heavy atom. The lowest BCUT2D eigenvalue weighted by Crippen LogP contribution is -2.37. The minimum atomic E-state index is -0.748. The van der Waals surface area contributed by atoms with Crippen molar-refractivity contribution in [3.05, 3.63) is 35.4 Å². The average molecular weight is 253 g/mol. The molecule has 1 aromatic carbocycles. The fourth-order valence-electron chi connectivity index (χ4n) is 3.18. The molecule has 0 heterocycles. The summed E-state index contributed by atoms with van der Waals surface area (Å²) in [5.74, 6) is -0.207. The molecule has 3 atom stereocenters. The molecule has 1 aromatic rings. The Bertz CT molecular complexity index is 405. The maximum atomic E-state index is 13.7. The van der Waals surface area contributed by atoms with Crippen molar-refractivity contribution >= 4 is 0 Å². The van der Waals surface area contributed by atoms with Crippen molar-refractivity contribution in [3.8, 4) is 0 Å². The van der Waals surface area contributed by atoms with Crippen LogP contribution in [0.2, 0.25) is 0 Å². The first kappa shape index (κ1) is 13.5. The molecule has 3 heteroatoms. The van der Waals surface area contributed by atoms with E-state index in [1.807, 2.05) is 7.05 Å². The van der Waals surface area contributed by atoms with E-state index in [-0.39, 0.29) is 6.04 Å². The van der Waals surface area contributed by atoms with Crippen LogP contribution in [0, 0.1) is 23.5 Å². The number of nitrogens with one attached hydrogen (secondary N) is 1. The maximum Gasteiger partial charge on any atom is 0.162 e. The zero-order valence-electron chi connectivity index (χ0n) is 11.0.